The van der Waals surface area contributed by atoms with Crippen LogP contribution in [0.2, 0.25) is 0 Å². The van der Waals surface area contributed by atoms with Gasteiger partial charge < -0.3 is 10.6 Å². The van der Waals surface area contributed by atoms with Crippen molar-refractivity contribution in [1.82, 2.24) is 0 Å². The standard InChI is InChI=1S/C26H38N2/c1-19(2)17-21(5)27-25-13-9-23(10-14-25)7-8-24-11-15-26(16-12-24)28-22(6)18-20(3)4/h7-16,19-22,27-28H,17-18H2,1-6H3. The van der Waals surface area contributed by atoms with Gasteiger partial charge in [-0.05, 0) is 73.9 Å². The molecule has 0 fully saturated rings. The average Bonchev–Trinajstić information content (AvgIpc) is 2.61. The highest BCUT2D eigenvalue weighted by Gasteiger charge is 2.05. The third kappa shape index (κ3) is 8.21. The summed E-state index contributed by atoms with van der Waals surface area (Å²) in [5, 5.41) is 7.15. The highest BCUT2D eigenvalue weighted by molar-refractivity contribution is 5.71. The summed E-state index contributed by atoms with van der Waals surface area (Å²) in [6, 6.07) is 18.3. The summed E-state index contributed by atoms with van der Waals surface area (Å²) in [6.07, 6.45) is 6.71. The van der Waals surface area contributed by atoms with Crippen LogP contribution < -0.4 is 10.6 Å². The molecule has 0 aliphatic heterocycles. The first-order chi connectivity index (χ1) is 13.3. The number of anilines is 2. The minimum absolute atomic E-state index is 0.497. The van der Waals surface area contributed by atoms with Gasteiger partial charge in [-0.1, -0.05) is 64.1 Å². The molecular formula is C26H38N2. The van der Waals surface area contributed by atoms with Crippen molar-refractivity contribution in [3.8, 4) is 0 Å². The van der Waals surface area contributed by atoms with Crippen LogP contribution in [0.3, 0.4) is 0 Å². The molecular weight excluding hydrogens is 340 g/mol. The molecule has 28 heavy (non-hydrogen) atoms. The normalized spacial score (nSPS) is 13.9. The fraction of sp³-hybridized carbons (Fsp3) is 0.462. The second-order valence-electron chi connectivity index (χ2n) is 8.93. The average molecular weight is 379 g/mol. The lowest BCUT2D eigenvalue weighted by atomic mass is 10.0. The lowest BCUT2D eigenvalue weighted by molar-refractivity contribution is 0.539. The van der Waals surface area contributed by atoms with E-state index in [4.69, 9.17) is 0 Å². The third-order valence-electron chi connectivity index (χ3n) is 4.77. The summed E-state index contributed by atoms with van der Waals surface area (Å²) >= 11 is 0. The summed E-state index contributed by atoms with van der Waals surface area (Å²) in [6.45, 7) is 13.6. The van der Waals surface area contributed by atoms with Crippen LogP contribution in [0, 0.1) is 11.8 Å². The Morgan fingerprint density at radius 3 is 1.18 bits per heavy atom. The van der Waals surface area contributed by atoms with Crippen molar-refractivity contribution in [3.63, 3.8) is 0 Å². The van der Waals surface area contributed by atoms with Crippen molar-refractivity contribution in [3.05, 3.63) is 59.7 Å². The van der Waals surface area contributed by atoms with Gasteiger partial charge in [0.15, 0.2) is 0 Å². The van der Waals surface area contributed by atoms with Crippen molar-refractivity contribution in [1.29, 1.82) is 0 Å². The molecule has 2 atom stereocenters. The molecule has 0 spiro atoms. The molecule has 0 bridgehead atoms. The Kier molecular flexibility index (Phi) is 8.63. The van der Waals surface area contributed by atoms with Gasteiger partial charge >= 0.3 is 0 Å². The Labute approximate surface area is 172 Å². The quantitative estimate of drug-likeness (QED) is 0.417. The van der Waals surface area contributed by atoms with Crippen molar-refractivity contribution in [2.45, 2.75) is 66.5 Å². The maximum absolute atomic E-state index is 3.58. The van der Waals surface area contributed by atoms with Gasteiger partial charge in [0, 0.05) is 23.5 Å². The van der Waals surface area contributed by atoms with Gasteiger partial charge in [0.25, 0.3) is 0 Å². The number of hydrogen-bond donors (Lipinski definition) is 2. The van der Waals surface area contributed by atoms with Crippen molar-refractivity contribution < 1.29 is 0 Å². The van der Waals surface area contributed by atoms with Crippen LogP contribution in [0.1, 0.15) is 65.5 Å². The molecule has 0 aliphatic carbocycles. The highest BCUT2D eigenvalue weighted by atomic mass is 14.9. The summed E-state index contributed by atoms with van der Waals surface area (Å²) in [7, 11) is 0. The van der Waals surface area contributed by atoms with Gasteiger partial charge in [0.2, 0.25) is 0 Å². The second kappa shape index (κ2) is 10.9. The number of nitrogens with one attached hydrogen (secondary N) is 2. The molecule has 2 aromatic carbocycles. The van der Waals surface area contributed by atoms with Crippen molar-refractivity contribution >= 4 is 23.5 Å². The van der Waals surface area contributed by atoms with Crippen molar-refractivity contribution in [2.75, 3.05) is 10.6 Å². The molecule has 2 nitrogen and oxygen atoms in total. The maximum Gasteiger partial charge on any atom is 0.0342 e. The minimum Gasteiger partial charge on any atom is -0.383 e. The molecule has 0 aliphatic rings. The van der Waals surface area contributed by atoms with Gasteiger partial charge in [-0.15, -0.1) is 0 Å². The highest BCUT2D eigenvalue weighted by Crippen LogP contribution is 2.18. The maximum atomic E-state index is 3.58. The monoisotopic (exact) mass is 378 g/mol. The van der Waals surface area contributed by atoms with Crippen LogP contribution in [0.15, 0.2) is 48.5 Å². The number of benzene rings is 2. The van der Waals surface area contributed by atoms with Gasteiger partial charge in [0.1, 0.15) is 0 Å². The van der Waals surface area contributed by atoms with E-state index in [0.29, 0.717) is 23.9 Å². The van der Waals surface area contributed by atoms with E-state index in [1.54, 1.807) is 0 Å². The summed E-state index contributed by atoms with van der Waals surface area (Å²) < 4.78 is 0. The molecule has 2 unspecified atom stereocenters. The number of hydrogen-bond acceptors (Lipinski definition) is 2. The molecule has 152 valence electrons. The van der Waals surface area contributed by atoms with Crippen molar-refractivity contribution in [2.24, 2.45) is 11.8 Å². The van der Waals surface area contributed by atoms with E-state index in [-0.39, 0.29) is 0 Å². The largest absolute Gasteiger partial charge is 0.383 e. The third-order valence-corrected chi connectivity index (χ3v) is 4.77. The molecule has 2 heteroatoms. The first kappa shape index (κ1) is 22.1. The smallest absolute Gasteiger partial charge is 0.0342 e. The molecule has 0 radical (unpaired) electrons. The lowest BCUT2D eigenvalue weighted by Gasteiger charge is -2.17. The molecule has 0 saturated carbocycles. The molecule has 2 rings (SSSR count). The zero-order chi connectivity index (χ0) is 20.5. The number of rotatable bonds is 10. The zero-order valence-corrected chi connectivity index (χ0v) is 18.5. The molecule has 2 N–H and O–H groups in total. The Hall–Kier alpha value is -2.22. The predicted octanol–water partition coefficient (Wildman–Crippen LogP) is 7.55. The Balaban J connectivity index is 1.89. The molecule has 0 amide bonds. The van der Waals surface area contributed by atoms with Crippen LogP contribution in [-0.2, 0) is 0 Å². The second-order valence-corrected chi connectivity index (χ2v) is 8.93. The molecule has 0 saturated heterocycles. The van der Waals surface area contributed by atoms with Crippen LogP contribution >= 0.6 is 0 Å². The fourth-order valence-electron chi connectivity index (χ4n) is 3.67. The van der Waals surface area contributed by atoms with Crippen LogP contribution in [0.5, 0.6) is 0 Å². The fourth-order valence-corrected chi connectivity index (χ4v) is 3.67. The van der Waals surface area contributed by atoms with E-state index in [1.165, 1.54) is 35.3 Å². The summed E-state index contributed by atoms with van der Waals surface area (Å²) in [5.41, 5.74) is 4.82. The molecule has 0 heterocycles. The van der Waals surface area contributed by atoms with E-state index >= 15 is 0 Å². The molecule has 0 aromatic heterocycles. The van der Waals surface area contributed by atoms with Crippen LogP contribution in [0.4, 0.5) is 11.4 Å². The molecule has 2 aromatic rings. The Morgan fingerprint density at radius 2 is 0.893 bits per heavy atom. The first-order valence-electron chi connectivity index (χ1n) is 10.7. The first-order valence-corrected chi connectivity index (χ1v) is 10.7. The van der Waals surface area contributed by atoms with E-state index in [1.807, 2.05) is 0 Å². The summed E-state index contributed by atoms with van der Waals surface area (Å²) in [5.74, 6) is 1.43. The SMILES string of the molecule is CC(C)CC(C)Nc1ccc(C=Cc2ccc(NC(C)CC(C)C)cc2)cc1. The van der Waals surface area contributed by atoms with Gasteiger partial charge in [-0.3, -0.25) is 0 Å². The summed E-state index contributed by atoms with van der Waals surface area (Å²) in [4.78, 5) is 0. The lowest BCUT2D eigenvalue weighted by Crippen LogP contribution is -2.17. The van der Waals surface area contributed by atoms with E-state index in [2.05, 4.69) is 113 Å². The van der Waals surface area contributed by atoms with Gasteiger partial charge in [-0.25, -0.2) is 0 Å². The van der Waals surface area contributed by atoms with E-state index in [9.17, 15) is 0 Å². The van der Waals surface area contributed by atoms with E-state index in [0.717, 1.165) is 0 Å². The van der Waals surface area contributed by atoms with E-state index < -0.39 is 0 Å². The Bertz CT molecular complexity index is 648. The van der Waals surface area contributed by atoms with Gasteiger partial charge in [-0.2, -0.15) is 0 Å². The van der Waals surface area contributed by atoms with Gasteiger partial charge in [0.05, 0.1) is 0 Å². The predicted molar refractivity (Wildman–Crippen MR) is 127 cm³/mol. The Morgan fingerprint density at radius 1 is 0.571 bits per heavy atom. The van der Waals surface area contributed by atoms with Crippen LogP contribution in [-0.4, -0.2) is 12.1 Å². The zero-order valence-electron chi connectivity index (χ0n) is 18.5. The topological polar surface area (TPSA) is 24.1 Å². The van der Waals surface area contributed by atoms with Crippen LogP contribution in [0.25, 0.3) is 12.2 Å². The minimum atomic E-state index is 0.497.